The minimum absolute atomic E-state index is 0.109. The molecule has 2 N–H and O–H groups in total. The highest BCUT2D eigenvalue weighted by Crippen LogP contribution is 2.22. The fourth-order valence-electron chi connectivity index (χ4n) is 1.69. The van der Waals surface area contributed by atoms with Gasteiger partial charge in [0.05, 0.1) is 12.2 Å². The summed E-state index contributed by atoms with van der Waals surface area (Å²) in [6.45, 7) is 10.5. The standard InChI is InChI=1S/C15H20FNO2/c1-9(2)10-6-11(8-18)13(12(16)7-10)14(19)17-15(3,4)5/h6-7,18H,1,8H2,2-5H3,(H,17,19). The van der Waals surface area contributed by atoms with E-state index in [1.54, 1.807) is 13.0 Å². The van der Waals surface area contributed by atoms with Gasteiger partial charge in [-0.25, -0.2) is 4.39 Å². The highest BCUT2D eigenvalue weighted by molar-refractivity contribution is 5.96. The SMILES string of the molecule is C=C(C)c1cc(F)c(C(=O)NC(C)(C)C)c(CO)c1. The monoisotopic (exact) mass is 265 g/mol. The molecule has 0 saturated carbocycles. The number of hydrogen-bond acceptors (Lipinski definition) is 2. The maximum absolute atomic E-state index is 14.1. The Balaban J connectivity index is 3.28. The molecular formula is C15H20FNO2. The lowest BCUT2D eigenvalue weighted by atomic mass is 9.98. The maximum atomic E-state index is 14.1. The number of aliphatic hydroxyl groups is 1. The number of carbonyl (C=O) groups excluding carboxylic acids is 1. The lowest BCUT2D eigenvalue weighted by Gasteiger charge is -2.22. The summed E-state index contributed by atoms with van der Waals surface area (Å²) in [7, 11) is 0. The molecule has 0 fully saturated rings. The zero-order valence-corrected chi connectivity index (χ0v) is 11.8. The molecule has 0 heterocycles. The third-order valence-corrected chi connectivity index (χ3v) is 2.55. The summed E-state index contributed by atoms with van der Waals surface area (Å²) in [5, 5.41) is 12.0. The van der Waals surface area contributed by atoms with Crippen LogP contribution in [0, 0.1) is 5.82 Å². The molecule has 3 nitrogen and oxygen atoms in total. The van der Waals surface area contributed by atoms with Crippen molar-refractivity contribution in [3.05, 3.63) is 41.2 Å². The summed E-state index contributed by atoms with van der Waals surface area (Å²) in [6, 6.07) is 2.85. The number of halogens is 1. The van der Waals surface area contributed by atoms with E-state index in [1.165, 1.54) is 6.07 Å². The molecule has 0 radical (unpaired) electrons. The van der Waals surface area contributed by atoms with Crippen LogP contribution in [0.25, 0.3) is 5.57 Å². The second-order valence-corrected chi connectivity index (χ2v) is 5.63. The van der Waals surface area contributed by atoms with Crippen molar-refractivity contribution in [2.45, 2.75) is 39.8 Å². The van der Waals surface area contributed by atoms with Gasteiger partial charge in [-0.3, -0.25) is 4.79 Å². The Morgan fingerprint density at radius 3 is 2.42 bits per heavy atom. The van der Waals surface area contributed by atoms with Gasteiger partial charge in [-0.15, -0.1) is 0 Å². The quantitative estimate of drug-likeness (QED) is 0.883. The van der Waals surface area contributed by atoms with Crippen LogP contribution >= 0.6 is 0 Å². The Morgan fingerprint density at radius 1 is 1.42 bits per heavy atom. The molecule has 0 saturated heterocycles. The first-order chi connectivity index (χ1) is 8.65. The third-order valence-electron chi connectivity index (χ3n) is 2.55. The van der Waals surface area contributed by atoms with E-state index < -0.39 is 23.9 Å². The summed E-state index contributed by atoms with van der Waals surface area (Å²) >= 11 is 0. The van der Waals surface area contributed by atoms with Crippen molar-refractivity contribution in [2.24, 2.45) is 0 Å². The van der Waals surface area contributed by atoms with E-state index >= 15 is 0 Å². The summed E-state index contributed by atoms with van der Waals surface area (Å²) in [6.07, 6.45) is 0. The zero-order chi connectivity index (χ0) is 14.8. The molecule has 1 aromatic carbocycles. The van der Waals surface area contributed by atoms with Gasteiger partial charge < -0.3 is 10.4 Å². The molecule has 0 unspecified atom stereocenters. The first-order valence-electron chi connectivity index (χ1n) is 6.07. The van der Waals surface area contributed by atoms with Crippen LogP contribution in [0.15, 0.2) is 18.7 Å². The molecule has 0 bridgehead atoms. The van der Waals surface area contributed by atoms with Gasteiger partial charge in [-0.2, -0.15) is 0 Å². The highest BCUT2D eigenvalue weighted by Gasteiger charge is 2.22. The molecule has 1 amide bonds. The minimum Gasteiger partial charge on any atom is -0.392 e. The Hall–Kier alpha value is -1.68. The summed E-state index contributed by atoms with van der Waals surface area (Å²) in [5.41, 5.74) is 0.941. The average Bonchev–Trinajstić information content (AvgIpc) is 2.24. The van der Waals surface area contributed by atoms with Crippen LogP contribution < -0.4 is 5.32 Å². The lowest BCUT2D eigenvalue weighted by Crippen LogP contribution is -2.41. The molecule has 104 valence electrons. The Labute approximate surface area is 113 Å². The number of amides is 1. The van der Waals surface area contributed by atoms with Crippen molar-refractivity contribution in [3.8, 4) is 0 Å². The van der Waals surface area contributed by atoms with Crippen molar-refractivity contribution < 1.29 is 14.3 Å². The predicted octanol–water partition coefficient (Wildman–Crippen LogP) is 2.88. The van der Waals surface area contributed by atoms with Crippen molar-refractivity contribution in [2.75, 3.05) is 0 Å². The number of hydrogen-bond donors (Lipinski definition) is 2. The van der Waals surface area contributed by atoms with Crippen molar-refractivity contribution in [3.63, 3.8) is 0 Å². The smallest absolute Gasteiger partial charge is 0.255 e. The first-order valence-corrected chi connectivity index (χ1v) is 6.07. The van der Waals surface area contributed by atoms with Crippen LogP contribution in [0.3, 0.4) is 0 Å². The number of allylic oxidation sites excluding steroid dienone is 1. The van der Waals surface area contributed by atoms with Crippen LogP contribution in [0.4, 0.5) is 4.39 Å². The summed E-state index contributed by atoms with van der Waals surface area (Å²) in [5.74, 6) is -1.17. The van der Waals surface area contributed by atoms with Gasteiger partial charge in [0, 0.05) is 5.54 Å². The average molecular weight is 265 g/mol. The van der Waals surface area contributed by atoms with Crippen LogP contribution in [-0.4, -0.2) is 16.6 Å². The topological polar surface area (TPSA) is 49.3 Å². The molecule has 19 heavy (non-hydrogen) atoms. The molecule has 4 heteroatoms. The number of benzene rings is 1. The summed E-state index contributed by atoms with van der Waals surface area (Å²) < 4.78 is 14.1. The van der Waals surface area contributed by atoms with Crippen LogP contribution in [0.5, 0.6) is 0 Å². The zero-order valence-electron chi connectivity index (χ0n) is 11.8. The first kappa shape index (κ1) is 15.4. The van der Waals surface area contributed by atoms with E-state index in [9.17, 15) is 14.3 Å². The van der Waals surface area contributed by atoms with Gasteiger partial charge in [0.2, 0.25) is 0 Å². The number of nitrogens with one attached hydrogen (secondary N) is 1. The van der Waals surface area contributed by atoms with E-state index in [0.717, 1.165) is 0 Å². The second-order valence-electron chi connectivity index (χ2n) is 5.63. The van der Waals surface area contributed by atoms with Crippen molar-refractivity contribution >= 4 is 11.5 Å². The molecule has 1 rings (SSSR count). The van der Waals surface area contributed by atoms with Crippen molar-refractivity contribution in [1.82, 2.24) is 5.32 Å². The molecule has 0 aliphatic heterocycles. The van der Waals surface area contributed by atoms with E-state index in [1.807, 2.05) is 20.8 Å². The highest BCUT2D eigenvalue weighted by atomic mass is 19.1. The number of carbonyl (C=O) groups is 1. The van der Waals surface area contributed by atoms with Crippen LogP contribution in [-0.2, 0) is 6.61 Å². The Bertz CT molecular complexity index is 516. The van der Waals surface area contributed by atoms with E-state index in [-0.39, 0.29) is 11.1 Å². The Morgan fingerprint density at radius 2 is 2.00 bits per heavy atom. The van der Waals surface area contributed by atoms with E-state index in [2.05, 4.69) is 11.9 Å². The fraction of sp³-hybridized carbons (Fsp3) is 0.400. The normalized spacial score (nSPS) is 11.3. The van der Waals surface area contributed by atoms with Gasteiger partial charge in [-0.05, 0) is 51.0 Å². The van der Waals surface area contributed by atoms with Gasteiger partial charge in [-0.1, -0.05) is 12.2 Å². The van der Waals surface area contributed by atoms with Crippen LogP contribution in [0.1, 0.15) is 49.2 Å². The molecular weight excluding hydrogens is 245 g/mol. The van der Waals surface area contributed by atoms with Crippen molar-refractivity contribution in [1.29, 1.82) is 0 Å². The largest absolute Gasteiger partial charge is 0.392 e. The molecule has 0 aliphatic carbocycles. The number of rotatable bonds is 3. The van der Waals surface area contributed by atoms with Gasteiger partial charge in [0.25, 0.3) is 5.91 Å². The predicted molar refractivity (Wildman–Crippen MR) is 74.3 cm³/mol. The molecule has 1 aromatic rings. The number of aliphatic hydroxyl groups excluding tert-OH is 1. The van der Waals surface area contributed by atoms with Gasteiger partial charge in [0.15, 0.2) is 0 Å². The molecule has 0 aromatic heterocycles. The minimum atomic E-state index is -0.647. The molecule has 0 aliphatic rings. The van der Waals surface area contributed by atoms with Gasteiger partial charge in [0.1, 0.15) is 5.82 Å². The maximum Gasteiger partial charge on any atom is 0.255 e. The van der Waals surface area contributed by atoms with E-state index in [0.29, 0.717) is 11.1 Å². The van der Waals surface area contributed by atoms with E-state index in [4.69, 9.17) is 0 Å². The summed E-state index contributed by atoms with van der Waals surface area (Å²) in [4.78, 5) is 12.1. The molecule has 0 spiro atoms. The fourth-order valence-corrected chi connectivity index (χ4v) is 1.69. The van der Waals surface area contributed by atoms with Crippen LogP contribution in [0.2, 0.25) is 0 Å². The second kappa shape index (κ2) is 5.53. The molecule has 0 atom stereocenters. The Kier molecular flexibility index (Phi) is 4.48. The lowest BCUT2D eigenvalue weighted by molar-refractivity contribution is 0.0912. The van der Waals surface area contributed by atoms with Gasteiger partial charge >= 0.3 is 0 Å². The third kappa shape index (κ3) is 3.89.